The van der Waals surface area contributed by atoms with Gasteiger partial charge in [0.05, 0.1) is 0 Å². The second-order valence-corrected chi connectivity index (χ2v) is 5.23. The Morgan fingerprint density at radius 3 is 2.06 bits per heavy atom. The molecule has 3 heteroatoms. The van der Waals surface area contributed by atoms with Crippen molar-refractivity contribution in [1.82, 2.24) is 4.90 Å². The standard InChI is InChI=1S/C7H16N2.C7H12O/c8-4-7-9-5-2-1-3-6-9;8-6-7-4-2-1-3-5-7/h1-8H2;6-7H,1-5H2. The van der Waals surface area contributed by atoms with Crippen molar-refractivity contribution in [2.75, 3.05) is 26.2 Å². The van der Waals surface area contributed by atoms with Crippen LogP contribution < -0.4 is 5.73 Å². The Hall–Kier alpha value is -0.410. The van der Waals surface area contributed by atoms with Gasteiger partial charge in [0.2, 0.25) is 0 Å². The monoisotopic (exact) mass is 240 g/mol. The molecule has 1 saturated carbocycles. The summed E-state index contributed by atoms with van der Waals surface area (Å²) in [4.78, 5) is 12.6. The summed E-state index contributed by atoms with van der Waals surface area (Å²) in [5.74, 6) is 0.406. The van der Waals surface area contributed by atoms with Gasteiger partial charge in [0.25, 0.3) is 0 Å². The number of carbonyl (C=O) groups is 1. The number of nitrogens with two attached hydrogens (primary N) is 1. The number of rotatable bonds is 3. The van der Waals surface area contributed by atoms with E-state index in [0.717, 1.165) is 32.2 Å². The third-order valence-corrected chi connectivity index (χ3v) is 3.74. The van der Waals surface area contributed by atoms with Gasteiger partial charge < -0.3 is 15.4 Å². The predicted octanol–water partition coefficient (Wildman–Crippen LogP) is 2.20. The van der Waals surface area contributed by atoms with Gasteiger partial charge in [-0.15, -0.1) is 0 Å². The molecule has 2 rings (SSSR count). The highest BCUT2D eigenvalue weighted by Gasteiger charge is 2.10. The van der Waals surface area contributed by atoms with Crippen LogP contribution in [0.1, 0.15) is 51.4 Å². The zero-order valence-electron chi connectivity index (χ0n) is 11.1. The molecule has 0 aromatic rings. The van der Waals surface area contributed by atoms with Gasteiger partial charge in [-0.3, -0.25) is 0 Å². The molecule has 0 atom stereocenters. The van der Waals surface area contributed by atoms with Crippen molar-refractivity contribution in [2.24, 2.45) is 11.7 Å². The van der Waals surface area contributed by atoms with Crippen molar-refractivity contribution >= 4 is 6.29 Å². The van der Waals surface area contributed by atoms with Gasteiger partial charge in [0, 0.05) is 19.0 Å². The van der Waals surface area contributed by atoms with Crippen LogP contribution in [-0.2, 0) is 4.79 Å². The van der Waals surface area contributed by atoms with E-state index in [-0.39, 0.29) is 0 Å². The normalized spacial score (nSPS) is 22.6. The van der Waals surface area contributed by atoms with Crippen molar-refractivity contribution in [2.45, 2.75) is 51.4 Å². The fourth-order valence-electron chi connectivity index (χ4n) is 2.64. The highest BCUT2D eigenvalue weighted by molar-refractivity contribution is 5.53. The largest absolute Gasteiger partial charge is 0.329 e. The van der Waals surface area contributed by atoms with Gasteiger partial charge in [0.1, 0.15) is 6.29 Å². The minimum atomic E-state index is 0.406. The van der Waals surface area contributed by atoms with Gasteiger partial charge in [-0.2, -0.15) is 0 Å². The summed E-state index contributed by atoms with van der Waals surface area (Å²) < 4.78 is 0. The van der Waals surface area contributed by atoms with Crippen LogP contribution in [0.4, 0.5) is 0 Å². The number of hydrogen-bond acceptors (Lipinski definition) is 3. The Labute approximate surface area is 106 Å². The molecule has 1 aliphatic carbocycles. The van der Waals surface area contributed by atoms with Gasteiger partial charge in [-0.05, 0) is 38.8 Å². The number of piperidine rings is 1. The molecule has 0 unspecified atom stereocenters. The molecule has 100 valence electrons. The van der Waals surface area contributed by atoms with Crippen LogP contribution in [0.25, 0.3) is 0 Å². The number of hydrogen-bond donors (Lipinski definition) is 1. The van der Waals surface area contributed by atoms with Crippen molar-refractivity contribution < 1.29 is 4.79 Å². The first-order valence-electron chi connectivity index (χ1n) is 7.24. The molecule has 0 amide bonds. The number of carbonyl (C=O) groups excluding carboxylic acids is 1. The van der Waals surface area contributed by atoms with E-state index >= 15 is 0 Å². The molecule has 0 aromatic heterocycles. The Morgan fingerprint density at radius 1 is 1.00 bits per heavy atom. The van der Waals surface area contributed by atoms with Crippen LogP contribution in [0.5, 0.6) is 0 Å². The lowest BCUT2D eigenvalue weighted by molar-refractivity contribution is -0.111. The van der Waals surface area contributed by atoms with E-state index in [1.807, 2.05) is 0 Å². The number of nitrogens with zero attached hydrogens (tertiary/aromatic N) is 1. The first-order valence-corrected chi connectivity index (χ1v) is 7.24. The molecule has 0 radical (unpaired) electrons. The second kappa shape index (κ2) is 9.60. The highest BCUT2D eigenvalue weighted by atomic mass is 16.1. The SMILES string of the molecule is NCCN1CCCCC1.O=CC1CCCCC1. The van der Waals surface area contributed by atoms with Gasteiger partial charge in [-0.25, -0.2) is 0 Å². The fraction of sp³-hybridized carbons (Fsp3) is 0.929. The maximum atomic E-state index is 10.2. The van der Waals surface area contributed by atoms with E-state index in [1.54, 1.807) is 0 Å². The van der Waals surface area contributed by atoms with Crippen LogP contribution in [0.2, 0.25) is 0 Å². The maximum absolute atomic E-state index is 10.2. The summed E-state index contributed by atoms with van der Waals surface area (Å²) >= 11 is 0. The van der Waals surface area contributed by atoms with E-state index in [0.29, 0.717) is 5.92 Å². The van der Waals surface area contributed by atoms with Crippen LogP contribution in [0.3, 0.4) is 0 Å². The van der Waals surface area contributed by atoms with E-state index in [4.69, 9.17) is 5.73 Å². The summed E-state index contributed by atoms with van der Waals surface area (Å²) in [6.45, 7) is 4.47. The van der Waals surface area contributed by atoms with Crippen molar-refractivity contribution in [3.05, 3.63) is 0 Å². The first-order chi connectivity index (χ1) is 8.36. The Balaban J connectivity index is 0.000000171. The topological polar surface area (TPSA) is 46.3 Å². The van der Waals surface area contributed by atoms with Gasteiger partial charge in [0.15, 0.2) is 0 Å². The van der Waals surface area contributed by atoms with E-state index in [9.17, 15) is 4.79 Å². The van der Waals surface area contributed by atoms with Crippen LogP contribution in [0, 0.1) is 5.92 Å². The lowest BCUT2D eigenvalue weighted by Crippen LogP contribution is -2.33. The average Bonchev–Trinajstić information content (AvgIpc) is 2.42. The molecule has 2 aliphatic rings. The lowest BCUT2D eigenvalue weighted by atomic mass is 9.91. The molecule has 0 spiro atoms. The van der Waals surface area contributed by atoms with E-state index in [2.05, 4.69) is 4.90 Å². The predicted molar refractivity (Wildman–Crippen MR) is 72.0 cm³/mol. The molecule has 3 nitrogen and oxygen atoms in total. The van der Waals surface area contributed by atoms with E-state index < -0.39 is 0 Å². The molecule has 0 bridgehead atoms. The molecule has 1 heterocycles. The zero-order chi connectivity index (χ0) is 12.3. The molecular weight excluding hydrogens is 212 g/mol. The molecule has 1 saturated heterocycles. The van der Waals surface area contributed by atoms with Crippen LogP contribution in [-0.4, -0.2) is 37.4 Å². The molecule has 2 N–H and O–H groups in total. The molecule has 1 aliphatic heterocycles. The number of likely N-dealkylation sites (tertiary alicyclic amines) is 1. The molecular formula is C14H28N2O. The summed E-state index contributed by atoms with van der Waals surface area (Å²) in [6.07, 6.45) is 11.4. The third-order valence-electron chi connectivity index (χ3n) is 3.74. The quantitative estimate of drug-likeness (QED) is 0.769. The summed E-state index contributed by atoms with van der Waals surface area (Å²) in [5.41, 5.74) is 5.42. The van der Waals surface area contributed by atoms with Crippen molar-refractivity contribution in [1.29, 1.82) is 0 Å². The van der Waals surface area contributed by atoms with Crippen LogP contribution >= 0.6 is 0 Å². The molecule has 17 heavy (non-hydrogen) atoms. The first kappa shape index (κ1) is 14.7. The minimum absolute atomic E-state index is 0.406. The minimum Gasteiger partial charge on any atom is -0.329 e. The Bertz CT molecular complexity index is 182. The summed E-state index contributed by atoms with van der Waals surface area (Å²) in [5, 5.41) is 0. The van der Waals surface area contributed by atoms with Crippen LogP contribution in [0.15, 0.2) is 0 Å². The summed E-state index contributed by atoms with van der Waals surface area (Å²) in [7, 11) is 0. The van der Waals surface area contributed by atoms with Gasteiger partial charge >= 0.3 is 0 Å². The second-order valence-electron chi connectivity index (χ2n) is 5.23. The zero-order valence-corrected chi connectivity index (χ0v) is 11.1. The van der Waals surface area contributed by atoms with Crippen molar-refractivity contribution in [3.8, 4) is 0 Å². The molecule has 2 fully saturated rings. The number of aldehydes is 1. The van der Waals surface area contributed by atoms with Crippen molar-refractivity contribution in [3.63, 3.8) is 0 Å². The van der Waals surface area contributed by atoms with E-state index in [1.165, 1.54) is 51.6 Å². The lowest BCUT2D eigenvalue weighted by Gasteiger charge is -2.25. The summed E-state index contributed by atoms with van der Waals surface area (Å²) in [6, 6.07) is 0. The highest BCUT2D eigenvalue weighted by Crippen LogP contribution is 2.21. The Morgan fingerprint density at radius 2 is 1.59 bits per heavy atom. The van der Waals surface area contributed by atoms with Gasteiger partial charge in [-0.1, -0.05) is 25.7 Å². The Kier molecular flexibility index (Phi) is 8.28. The molecule has 0 aromatic carbocycles. The third kappa shape index (κ3) is 6.79. The average molecular weight is 240 g/mol. The maximum Gasteiger partial charge on any atom is 0.123 e. The smallest absolute Gasteiger partial charge is 0.123 e. The fourth-order valence-corrected chi connectivity index (χ4v) is 2.64.